The second-order valence-electron chi connectivity index (χ2n) is 4.96. The van der Waals surface area contributed by atoms with Gasteiger partial charge in [-0.3, -0.25) is 4.68 Å². The number of fused-ring (bicyclic) bond motifs is 1. The highest BCUT2D eigenvalue weighted by molar-refractivity contribution is 5.81. The molecule has 4 heteroatoms. The van der Waals surface area contributed by atoms with E-state index in [4.69, 9.17) is 0 Å². The number of nitrogens with zero attached hydrogens (tertiary/aromatic N) is 4. The summed E-state index contributed by atoms with van der Waals surface area (Å²) in [6.45, 7) is 0. The van der Waals surface area contributed by atoms with Crippen molar-refractivity contribution in [3.8, 4) is 11.3 Å². The van der Waals surface area contributed by atoms with Crippen molar-refractivity contribution >= 4 is 11.0 Å². The lowest BCUT2D eigenvalue weighted by Crippen LogP contribution is -1.90. The molecule has 0 N–H and O–H groups in total. The number of rotatable bonds is 2. The summed E-state index contributed by atoms with van der Waals surface area (Å²) in [6, 6.07) is 9.11. The minimum atomic E-state index is 0.677. The molecule has 2 aromatic heterocycles. The minimum absolute atomic E-state index is 0.677. The van der Waals surface area contributed by atoms with Gasteiger partial charge in [0.1, 0.15) is 0 Å². The second-order valence-corrected chi connectivity index (χ2v) is 4.96. The molecule has 0 aliphatic heterocycles. The monoisotopic (exact) mass is 238 g/mol. The highest BCUT2D eigenvalue weighted by atomic mass is 15.2. The van der Waals surface area contributed by atoms with E-state index in [9.17, 15) is 0 Å². The molecule has 0 radical (unpaired) electrons. The third-order valence-corrected chi connectivity index (χ3v) is 3.52. The molecule has 1 aromatic carbocycles. The van der Waals surface area contributed by atoms with Gasteiger partial charge in [-0.25, -0.2) is 4.98 Å². The summed E-state index contributed by atoms with van der Waals surface area (Å²) in [5.41, 5.74) is 4.42. The van der Waals surface area contributed by atoms with Crippen LogP contribution in [0.15, 0.2) is 36.8 Å². The zero-order valence-corrected chi connectivity index (χ0v) is 10.2. The molecular formula is C14H14N4. The molecule has 4 rings (SSSR count). The SMILES string of the molecule is Cn1ccc(-c2ccc3c(c2)ncn3C2CC2)n1. The van der Waals surface area contributed by atoms with Gasteiger partial charge in [0.15, 0.2) is 0 Å². The van der Waals surface area contributed by atoms with Gasteiger partial charge in [0.25, 0.3) is 0 Å². The zero-order chi connectivity index (χ0) is 12.1. The van der Waals surface area contributed by atoms with Crippen LogP contribution in [-0.2, 0) is 7.05 Å². The van der Waals surface area contributed by atoms with Gasteiger partial charge in [0, 0.05) is 24.8 Å². The first-order valence-electron chi connectivity index (χ1n) is 6.28. The third kappa shape index (κ3) is 1.45. The van der Waals surface area contributed by atoms with Crippen molar-refractivity contribution in [2.75, 3.05) is 0 Å². The Balaban J connectivity index is 1.84. The molecular weight excluding hydrogens is 224 g/mol. The summed E-state index contributed by atoms with van der Waals surface area (Å²) < 4.78 is 4.11. The number of hydrogen-bond acceptors (Lipinski definition) is 2. The molecule has 1 fully saturated rings. The van der Waals surface area contributed by atoms with Gasteiger partial charge in [-0.2, -0.15) is 5.10 Å². The molecule has 0 atom stereocenters. The maximum atomic E-state index is 4.50. The molecule has 1 aliphatic rings. The minimum Gasteiger partial charge on any atom is -0.327 e. The van der Waals surface area contributed by atoms with Gasteiger partial charge < -0.3 is 4.57 Å². The van der Waals surface area contributed by atoms with Crippen LogP contribution in [0.4, 0.5) is 0 Å². The van der Waals surface area contributed by atoms with Crippen molar-refractivity contribution in [1.29, 1.82) is 0 Å². The fourth-order valence-electron chi connectivity index (χ4n) is 2.40. The molecule has 0 spiro atoms. The summed E-state index contributed by atoms with van der Waals surface area (Å²) in [7, 11) is 1.93. The lowest BCUT2D eigenvalue weighted by Gasteiger charge is -2.01. The van der Waals surface area contributed by atoms with Gasteiger partial charge in [-0.05, 0) is 31.0 Å². The van der Waals surface area contributed by atoms with Crippen molar-refractivity contribution in [2.24, 2.45) is 7.05 Å². The Kier molecular flexibility index (Phi) is 1.89. The van der Waals surface area contributed by atoms with E-state index in [1.165, 1.54) is 18.4 Å². The first kappa shape index (κ1) is 9.88. The average molecular weight is 238 g/mol. The number of aryl methyl sites for hydroxylation is 1. The van der Waals surface area contributed by atoms with E-state index >= 15 is 0 Å². The van der Waals surface area contributed by atoms with E-state index in [0.717, 1.165) is 16.8 Å². The van der Waals surface area contributed by atoms with Gasteiger partial charge >= 0.3 is 0 Å². The topological polar surface area (TPSA) is 35.6 Å². The Morgan fingerprint density at radius 2 is 2.11 bits per heavy atom. The molecule has 2 heterocycles. The Hall–Kier alpha value is -2.10. The van der Waals surface area contributed by atoms with Crippen LogP contribution in [0.3, 0.4) is 0 Å². The van der Waals surface area contributed by atoms with Crippen LogP contribution >= 0.6 is 0 Å². The molecule has 0 saturated heterocycles. The fraction of sp³-hybridized carbons (Fsp3) is 0.286. The molecule has 1 saturated carbocycles. The van der Waals surface area contributed by atoms with Crippen LogP contribution < -0.4 is 0 Å². The largest absolute Gasteiger partial charge is 0.327 e. The van der Waals surface area contributed by atoms with Crippen LogP contribution in [0, 0.1) is 0 Å². The highest BCUT2D eigenvalue weighted by Gasteiger charge is 2.24. The van der Waals surface area contributed by atoms with E-state index < -0.39 is 0 Å². The number of benzene rings is 1. The van der Waals surface area contributed by atoms with E-state index in [0.29, 0.717) is 6.04 Å². The number of hydrogen-bond donors (Lipinski definition) is 0. The smallest absolute Gasteiger partial charge is 0.0960 e. The van der Waals surface area contributed by atoms with E-state index in [-0.39, 0.29) is 0 Å². The van der Waals surface area contributed by atoms with Gasteiger partial charge in [0.05, 0.1) is 23.1 Å². The van der Waals surface area contributed by atoms with Crippen molar-refractivity contribution in [3.63, 3.8) is 0 Å². The van der Waals surface area contributed by atoms with E-state index in [2.05, 4.69) is 32.8 Å². The van der Waals surface area contributed by atoms with Crippen molar-refractivity contribution < 1.29 is 0 Å². The molecule has 3 aromatic rings. The highest BCUT2D eigenvalue weighted by Crippen LogP contribution is 2.37. The summed E-state index contributed by atoms with van der Waals surface area (Å²) in [5.74, 6) is 0. The number of imidazole rings is 1. The Bertz CT molecular complexity index is 718. The summed E-state index contributed by atoms with van der Waals surface area (Å²) in [4.78, 5) is 4.50. The van der Waals surface area contributed by atoms with Crippen molar-refractivity contribution in [1.82, 2.24) is 19.3 Å². The first-order chi connectivity index (χ1) is 8.81. The van der Waals surface area contributed by atoms with E-state index in [1.807, 2.05) is 30.3 Å². The van der Waals surface area contributed by atoms with Crippen LogP contribution in [0.2, 0.25) is 0 Å². The molecule has 4 nitrogen and oxygen atoms in total. The number of aromatic nitrogens is 4. The Morgan fingerprint density at radius 3 is 2.83 bits per heavy atom. The van der Waals surface area contributed by atoms with Gasteiger partial charge in [0.2, 0.25) is 0 Å². The molecule has 0 amide bonds. The average Bonchev–Trinajstić information content (AvgIpc) is 2.99. The summed E-state index contributed by atoms with van der Waals surface area (Å²) >= 11 is 0. The molecule has 1 aliphatic carbocycles. The quantitative estimate of drug-likeness (QED) is 0.688. The lowest BCUT2D eigenvalue weighted by atomic mass is 10.1. The predicted molar refractivity (Wildman–Crippen MR) is 70.2 cm³/mol. The maximum absolute atomic E-state index is 4.50. The van der Waals surface area contributed by atoms with Crippen LogP contribution in [0.25, 0.3) is 22.3 Å². The predicted octanol–water partition coefficient (Wildman–Crippen LogP) is 2.77. The van der Waals surface area contributed by atoms with Crippen LogP contribution in [0.5, 0.6) is 0 Å². The molecule has 0 bridgehead atoms. The van der Waals surface area contributed by atoms with Gasteiger partial charge in [-0.15, -0.1) is 0 Å². The second kappa shape index (κ2) is 3.45. The fourth-order valence-corrected chi connectivity index (χ4v) is 2.40. The van der Waals surface area contributed by atoms with Crippen molar-refractivity contribution in [3.05, 3.63) is 36.8 Å². The summed E-state index contributed by atoms with van der Waals surface area (Å²) in [6.07, 6.45) is 6.49. The normalized spacial score (nSPS) is 15.4. The van der Waals surface area contributed by atoms with Crippen LogP contribution in [0.1, 0.15) is 18.9 Å². The zero-order valence-electron chi connectivity index (χ0n) is 10.2. The van der Waals surface area contributed by atoms with Crippen LogP contribution in [-0.4, -0.2) is 19.3 Å². The standard InChI is InChI=1S/C14H14N4/c1-17-7-6-12(16-17)10-2-5-14-13(8-10)15-9-18(14)11-3-4-11/h2,5-9,11H,3-4H2,1H3. The Labute approximate surface area is 105 Å². The third-order valence-electron chi connectivity index (χ3n) is 3.52. The molecule has 0 unspecified atom stereocenters. The maximum Gasteiger partial charge on any atom is 0.0960 e. The van der Waals surface area contributed by atoms with Gasteiger partial charge in [-0.1, -0.05) is 6.07 Å². The Morgan fingerprint density at radius 1 is 1.22 bits per heavy atom. The molecule has 90 valence electrons. The van der Waals surface area contributed by atoms with Crippen molar-refractivity contribution in [2.45, 2.75) is 18.9 Å². The van der Waals surface area contributed by atoms with E-state index in [1.54, 1.807) is 0 Å². The molecule has 18 heavy (non-hydrogen) atoms. The first-order valence-corrected chi connectivity index (χ1v) is 6.28. The summed E-state index contributed by atoms with van der Waals surface area (Å²) in [5, 5.41) is 4.42. The lowest BCUT2D eigenvalue weighted by molar-refractivity contribution is 0.766.